The predicted octanol–water partition coefficient (Wildman–Crippen LogP) is 3.22. The summed E-state index contributed by atoms with van der Waals surface area (Å²) in [6.45, 7) is 1.74. The van der Waals surface area contributed by atoms with Gasteiger partial charge in [-0.1, -0.05) is 12.1 Å². The van der Waals surface area contributed by atoms with E-state index >= 15 is 0 Å². The number of aryl methyl sites for hydroxylation is 1. The first-order chi connectivity index (χ1) is 11.5. The maximum Gasteiger partial charge on any atom is 0.225 e. The molecule has 0 aliphatic carbocycles. The highest BCUT2D eigenvalue weighted by molar-refractivity contribution is 6.06. The van der Waals surface area contributed by atoms with Crippen LogP contribution in [0.3, 0.4) is 0 Å². The molecule has 7 heteroatoms. The van der Waals surface area contributed by atoms with Gasteiger partial charge in [-0.2, -0.15) is 5.10 Å². The van der Waals surface area contributed by atoms with Gasteiger partial charge in [0.2, 0.25) is 5.78 Å². The van der Waals surface area contributed by atoms with Crippen molar-refractivity contribution >= 4 is 11.5 Å². The van der Waals surface area contributed by atoms with Crippen LogP contribution >= 0.6 is 0 Å². The number of halogens is 1. The number of aromatic nitrogens is 3. The molecule has 1 aromatic carbocycles. The summed E-state index contributed by atoms with van der Waals surface area (Å²) >= 11 is 0. The van der Waals surface area contributed by atoms with Crippen molar-refractivity contribution in [3.8, 4) is 0 Å². The quantitative estimate of drug-likeness (QED) is 0.426. The minimum Gasteiger partial charge on any atom is -0.504 e. The van der Waals surface area contributed by atoms with Crippen LogP contribution in [0.1, 0.15) is 33.3 Å². The van der Waals surface area contributed by atoms with E-state index in [1.807, 2.05) is 0 Å². The van der Waals surface area contributed by atoms with E-state index in [4.69, 9.17) is 4.42 Å². The van der Waals surface area contributed by atoms with Gasteiger partial charge in [0.15, 0.2) is 17.3 Å². The summed E-state index contributed by atoms with van der Waals surface area (Å²) < 4.78 is 18.5. The molecule has 0 amide bonds. The highest BCUT2D eigenvalue weighted by atomic mass is 19.1. The van der Waals surface area contributed by atoms with Crippen LogP contribution in [0, 0.1) is 12.7 Å². The van der Waals surface area contributed by atoms with Gasteiger partial charge in [0.05, 0.1) is 0 Å². The lowest BCUT2D eigenvalue weighted by atomic mass is 10.1. The van der Waals surface area contributed by atoms with Gasteiger partial charge in [-0.3, -0.25) is 9.89 Å². The number of carbonyl (C=O) groups excluding carboxylic acids is 1. The number of carbonyl (C=O) groups is 1. The number of benzene rings is 1. The Morgan fingerprint density at radius 2 is 2.12 bits per heavy atom. The summed E-state index contributed by atoms with van der Waals surface area (Å²) in [4.78, 5) is 16.0. The topological polar surface area (TPSA) is 92.0 Å². The molecule has 0 bridgehead atoms. The maximum atomic E-state index is 12.9. The second-order valence-corrected chi connectivity index (χ2v) is 5.26. The molecule has 0 radical (unpaired) electrons. The zero-order valence-corrected chi connectivity index (χ0v) is 12.8. The lowest BCUT2D eigenvalue weighted by Crippen LogP contribution is -1.98. The largest absolute Gasteiger partial charge is 0.504 e. The predicted molar refractivity (Wildman–Crippen MR) is 84.0 cm³/mol. The fourth-order valence-electron chi connectivity index (χ4n) is 2.27. The minimum absolute atomic E-state index is 0.0964. The molecule has 0 saturated heterocycles. The molecular weight excluding hydrogens is 313 g/mol. The van der Waals surface area contributed by atoms with Crippen LogP contribution < -0.4 is 0 Å². The molecule has 3 aromatic rings. The Balaban J connectivity index is 1.79. The van der Waals surface area contributed by atoms with Gasteiger partial charge in [-0.15, -0.1) is 0 Å². The number of hydrogen-bond acceptors (Lipinski definition) is 5. The minimum atomic E-state index is -0.480. The van der Waals surface area contributed by atoms with Gasteiger partial charge in [-0.05, 0) is 36.2 Å². The third-order valence-corrected chi connectivity index (χ3v) is 3.41. The monoisotopic (exact) mass is 327 g/mol. The number of aliphatic hydroxyl groups excluding tert-OH is 1. The van der Waals surface area contributed by atoms with E-state index in [1.165, 1.54) is 18.5 Å². The normalized spacial score (nSPS) is 11.7. The second kappa shape index (κ2) is 6.49. The zero-order chi connectivity index (χ0) is 17.1. The van der Waals surface area contributed by atoms with Crippen molar-refractivity contribution in [2.75, 3.05) is 0 Å². The number of nitrogens with one attached hydrogen (secondary N) is 1. The summed E-state index contributed by atoms with van der Waals surface area (Å²) in [6, 6.07) is 7.80. The first-order valence-electron chi connectivity index (χ1n) is 7.17. The molecular formula is C17H14FN3O3. The number of nitrogens with zero attached hydrogens (tertiary/aromatic N) is 2. The first-order valence-corrected chi connectivity index (χ1v) is 7.17. The fourth-order valence-corrected chi connectivity index (χ4v) is 2.27. The SMILES string of the molecule is Cc1cc(Cc2ccc(F)cc2)oc1C(=O)/C=C(\O)c1ncn[nH]1. The van der Waals surface area contributed by atoms with Gasteiger partial charge in [0.25, 0.3) is 0 Å². The van der Waals surface area contributed by atoms with Gasteiger partial charge in [-0.25, -0.2) is 9.37 Å². The molecule has 0 aliphatic heterocycles. The van der Waals surface area contributed by atoms with Crippen molar-refractivity contribution in [1.29, 1.82) is 0 Å². The molecule has 2 heterocycles. The number of aliphatic hydroxyl groups is 1. The summed E-state index contributed by atoms with van der Waals surface area (Å²) in [6.07, 6.45) is 2.68. The molecule has 6 nitrogen and oxygen atoms in total. The number of aromatic amines is 1. The van der Waals surface area contributed by atoms with Crippen LogP contribution in [-0.2, 0) is 6.42 Å². The Hall–Kier alpha value is -3.22. The molecule has 2 aromatic heterocycles. The van der Waals surface area contributed by atoms with E-state index in [9.17, 15) is 14.3 Å². The maximum absolute atomic E-state index is 12.9. The number of furan rings is 1. The van der Waals surface area contributed by atoms with Crippen LogP contribution in [0.4, 0.5) is 4.39 Å². The van der Waals surface area contributed by atoms with Crippen LogP contribution in [-0.4, -0.2) is 26.1 Å². The molecule has 0 fully saturated rings. The number of H-pyrrole nitrogens is 1. The molecule has 0 unspecified atom stereocenters. The highest BCUT2D eigenvalue weighted by Gasteiger charge is 2.16. The fraction of sp³-hybridized carbons (Fsp3) is 0.118. The lowest BCUT2D eigenvalue weighted by molar-refractivity contribution is 0.101. The molecule has 2 N–H and O–H groups in total. The van der Waals surface area contributed by atoms with Crippen LogP contribution in [0.25, 0.3) is 5.76 Å². The van der Waals surface area contributed by atoms with Gasteiger partial charge >= 0.3 is 0 Å². The molecule has 3 rings (SSSR count). The number of allylic oxidation sites excluding steroid dienone is 1. The molecule has 24 heavy (non-hydrogen) atoms. The molecule has 0 aliphatic rings. The number of rotatable bonds is 5. The van der Waals surface area contributed by atoms with E-state index in [0.29, 0.717) is 17.7 Å². The Morgan fingerprint density at radius 1 is 1.38 bits per heavy atom. The average molecular weight is 327 g/mol. The Kier molecular flexibility index (Phi) is 4.24. The summed E-state index contributed by atoms with van der Waals surface area (Å²) in [5, 5.41) is 15.9. The van der Waals surface area contributed by atoms with E-state index in [-0.39, 0.29) is 23.2 Å². The van der Waals surface area contributed by atoms with Crippen molar-refractivity contribution < 1.29 is 18.7 Å². The summed E-state index contributed by atoms with van der Waals surface area (Å²) in [5.74, 6) is -0.300. The van der Waals surface area contributed by atoms with Crippen LogP contribution in [0.5, 0.6) is 0 Å². The smallest absolute Gasteiger partial charge is 0.225 e. The lowest BCUT2D eigenvalue weighted by Gasteiger charge is -1.98. The standard InChI is InChI=1S/C17H14FN3O3/c1-10-6-13(7-11-2-4-12(18)5-3-11)24-16(10)14(22)8-15(23)17-19-9-20-21-17/h2-6,8-9,23H,7H2,1H3,(H,19,20,21)/b15-8-. The highest BCUT2D eigenvalue weighted by Crippen LogP contribution is 2.20. The second-order valence-electron chi connectivity index (χ2n) is 5.26. The third-order valence-electron chi connectivity index (χ3n) is 3.41. The Labute approximate surface area is 136 Å². The van der Waals surface area contributed by atoms with Crippen LogP contribution in [0.15, 0.2) is 47.2 Å². The van der Waals surface area contributed by atoms with Gasteiger partial charge in [0.1, 0.15) is 17.9 Å². The van der Waals surface area contributed by atoms with Crippen molar-refractivity contribution in [3.05, 3.63) is 77.0 Å². The molecule has 0 spiro atoms. The number of hydrogen-bond donors (Lipinski definition) is 2. The van der Waals surface area contributed by atoms with Crippen LogP contribution in [0.2, 0.25) is 0 Å². The van der Waals surface area contributed by atoms with Crippen molar-refractivity contribution in [2.45, 2.75) is 13.3 Å². The third kappa shape index (κ3) is 3.40. The van der Waals surface area contributed by atoms with E-state index in [0.717, 1.165) is 11.6 Å². The summed E-state index contributed by atoms with van der Waals surface area (Å²) in [7, 11) is 0. The van der Waals surface area contributed by atoms with E-state index in [2.05, 4.69) is 15.2 Å². The molecule has 122 valence electrons. The van der Waals surface area contributed by atoms with Crippen molar-refractivity contribution in [1.82, 2.24) is 15.2 Å². The first kappa shape index (κ1) is 15.7. The Bertz CT molecular complexity index is 880. The zero-order valence-electron chi connectivity index (χ0n) is 12.8. The van der Waals surface area contributed by atoms with Gasteiger partial charge < -0.3 is 9.52 Å². The van der Waals surface area contributed by atoms with Crippen molar-refractivity contribution in [2.24, 2.45) is 0 Å². The molecule has 0 atom stereocenters. The average Bonchev–Trinajstić information content (AvgIpc) is 3.19. The van der Waals surface area contributed by atoms with E-state index < -0.39 is 5.78 Å². The molecule has 0 saturated carbocycles. The number of ketones is 1. The van der Waals surface area contributed by atoms with Gasteiger partial charge in [0, 0.05) is 12.5 Å². The summed E-state index contributed by atoms with van der Waals surface area (Å²) in [5.41, 5.74) is 1.52. The Morgan fingerprint density at radius 3 is 2.79 bits per heavy atom. The van der Waals surface area contributed by atoms with Crippen molar-refractivity contribution in [3.63, 3.8) is 0 Å². The van der Waals surface area contributed by atoms with E-state index in [1.54, 1.807) is 25.1 Å².